The van der Waals surface area contributed by atoms with Crippen molar-refractivity contribution in [2.45, 2.75) is 0 Å². The van der Waals surface area contributed by atoms with Gasteiger partial charge in [0.05, 0.1) is 9.95 Å². The highest BCUT2D eigenvalue weighted by Gasteiger charge is 2.25. The smallest absolute Gasteiger partial charge is 0.299 e. The van der Waals surface area contributed by atoms with Gasteiger partial charge in [-0.2, -0.15) is 0 Å². The maximum atomic E-state index is 11.0. The van der Waals surface area contributed by atoms with E-state index >= 15 is 0 Å². The zero-order chi connectivity index (χ0) is 12.6. The van der Waals surface area contributed by atoms with E-state index in [2.05, 4.69) is 4.98 Å². The van der Waals surface area contributed by atoms with E-state index in [-0.39, 0.29) is 27.0 Å². The van der Waals surface area contributed by atoms with Gasteiger partial charge in [-0.05, 0) is 12.1 Å². The predicted octanol–water partition coefficient (Wildman–Crippen LogP) is 3.60. The third kappa shape index (κ3) is 1.94. The molecule has 2 N–H and O–H groups in total. The molecule has 1 aromatic heterocycles. The highest BCUT2D eigenvalue weighted by molar-refractivity contribution is 6.35. The lowest BCUT2D eigenvalue weighted by Crippen LogP contribution is -1.93. The summed E-state index contributed by atoms with van der Waals surface area (Å²) < 4.78 is 0. The molecular formula is C10H6Cl2N2O3. The molecule has 5 nitrogen and oxygen atoms in total. The Labute approximate surface area is 106 Å². The molecule has 0 spiro atoms. The van der Waals surface area contributed by atoms with Gasteiger partial charge < -0.3 is 10.1 Å². The average Bonchev–Trinajstić information content (AvgIpc) is 2.67. The van der Waals surface area contributed by atoms with E-state index in [0.29, 0.717) is 5.56 Å². The number of hydrogen-bond acceptors (Lipinski definition) is 3. The van der Waals surface area contributed by atoms with Crippen molar-refractivity contribution in [2.24, 2.45) is 0 Å². The first-order valence-electron chi connectivity index (χ1n) is 4.51. The summed E-state index contributed by atoms with van der Waals surface area (Å²) in [6, 6.07) is 2.55. The van der Waals surface area contributed by atoms with Crippen molar-refractivity contribution < 1.29 is 10.0 Å². The number of nitro benzene ring substituents is 1. The Kier molecular flexibility index (Phi) is 2.95. The second-order valence-corrected chi connectivity index (χ2v) is 4.08. The molecule has 2 rings (SSSR count). The number of aromatic amines is 1. The summed E-state index contributed by atoms with van der Waals surface area (Å²) in [5.74, 6) is -0.248. The molecule has 0 aliphatic carbocycles. The van der Waals surface area contributed by atoms with Gasteiger partial charge in [0.1, 0.15) is 16.3 Å². The summed E-state index contributed by atoms with van der Waals surface area (Å²) in [6.07, 6.45) is 2.92. The molecule has 0 aliphatic rings. The van der Waals surface area contributed by atoms with Crippen molar-refractivity contribution in [3.8, 4) is 16.9 Å². The van der Waals surface area contributed by atoms with Crippen LogP contribution >= 0.6 is 23.2 Å². The molecular weight excluding hydrogens is 267 g/mol. The molecule has 0 aliphatic heterocycles. The minimum Gasteiger partial charge on any atom is -0.507 e. The second-order valence-electron chi connectivity index (χ2n) is 3.26. The van der Waals surface area contributed by atoms with Gasteiger partial charge in [-0.15, -0.1) is 0 Å². The number of phenols is 1. The average molecular weight is 273 g/mol. The van der Waals surface area contributed by atoms with Gasteiger partial charge in [-0.1, -0.05) is 23.2 Å². The number of hydrogen-bond donors (Lipinski definition) is 2. The number of nitrogens with zero attached hydrogens (tertiary/aromatic N) is 1. The minimum absolute atomic E-state index is 0.00810. The van der Waals surface area contributed by atoms with Crippen LogP contribution < -0.4 is 0 Å². The third-order valence-electron chi connectivity index (χ3n) is 2.25. The van der Waals surface area contributed by atoms with Crippen molar-refractivity contribution in [1.82, 2.24) is 4.98 Å². The fourth-order valence-electron chi connectivity index (χ4n) is 1.54. The summed E-state index contributed by atoms with van der Waals surface area (Å²) in [7, 11) is 0. The molecule has 0 radical (unpaired) electrons. The molecule has 0 fully saturated rings. The van der Waals surface area contributed by atoms with Crippen LogP contribution in [0.1, 0.15) is 0 Å². The molecule has 0 saturated carbocycles. The largest absolute Gasteiger partial charge is 0.507 e. The monoisotopic (exact) mass is 272 g/mol. The Morgan fingerprint density at radius 1 is 1.24 bits per heavy atom. The van der Waals surface area contributed by atoms with E-state index in [9.17, 15) is 15.2 Å². The predicted molar refractivity (Wildman–Crippen MR) is 64.6 cm³/mol. The topological polar surface area (TPSA) is 79.2 Å². The lowest BCUT2D eigenvalue weighted by molar-refractivity contribution is -0.384. The number of nitro groups is 1. The minimum atomic E-state index is -0.652. The van der Waals surface area contributed by atoms with Gasteiger partial charge in [-0.3, -0.25) is 10.1 Å². The van der Waals surface area contributed by atoms with Crippen molar-refractivity contribution in [3.05, 3.63) is 44.7 Å². The first kappa shape index (κ1) is 11.8. The Balaban J connectivity index is 2.81. The van der Waals surface area contributed by atoms with Crippen LogP contribution in [-0.4, -0.2) is 15.0 Å². The lowest BCUT2D eigenvalue weighted by atomic mass is 10.1. The summed E-state index contributed by atoms with van der Waals surface area (Å²) in [5, 5.41) is 20.9. The Morgan fingerprint density at radius 3 is 2.47 bits per heavy atom. The fourth-order valence-corrected chi connectivity index (χ4v) is 1.97. The molecule has 17 heavy (non-hydrogen) atoms. The highest BCUT2D eigenvalue weighted by Crippen LogP contribution is 2.44. The Morgan fingerprint density at radius 2 is 1.94 bits per heavy atom. The first-order valence-corrected chi connectivity index (χ1v) is 5.26. The first-order chi connectivity index (χ1) is 8.02. The fraction of sp³-hybridized carbons (Fsp3) is 0. The number of rotatable bonds is 2. The van der Waals surface area contributed by atoms with Crippen LogP contribution in [0, 0.1) is 10.1 Å². The Bertz CT molecular complexity index is 595. The summed E-state index contributed by atoms with van der Waals surface area (Å²) in [6.45, 7) is 0. The van der Waals surface area contributed by atoms with E-state index in [4.69, 9.17) is 23.2 Å². The van der Waals surface area contributed by atoms with Crippen molar-refractivity contribution in [2.75, 3.05) is 0 Å². The number of H-pyrrole nitrogens is 1. The van der Waals surface area contributed by atoms with Crippen LogP contribution in [0.4, 0.5) is 5.69 Å². The number of phenolic OH excluding ortho intramolecular Hbond substituents is 1. The maximum absolute atomic E-state index is 11.0. The molecule has 0 amide bonds. The second kappa shape index (κ2) is 4.27. The third-order valence-corrected chi connectivity index (χ3v) is 2.87. The van der Waals surface area contributed by atoms with E-state index < -0.39 is 4.92 Å². The van der Waals surface area contributed by atoms with Gasteiger partial charge in [0, 0.05) is 18.0 Å². The van der Waals surface area contributed by atoms with Crippen LogP contribution in [0.2, 0.25) is 10.0 Å². The van der Waals surface area contributed by atoms with Crippen LogP contribution in [0.15, 0.2) is 24.5 Å². The normalized spacial score (nSPS) is 10.5. The SMILES string of the molecule is O=[N+]([O-])c1c(Cl)ccc(O)c1-c1c[nH]cc1Cl. The molecule has 0 atom stereocenters. The number of aromatic nitrogens is 1. The number of benzene rings is 1. The van der Waals surface area contributed by atoms with Crippen LogP contribution in [0.3, 0.4) is 0 Å². The molecule has 0 bridgehead atoms. The zero-order valence-electron chi connectivity index (χ0n) is 8.28. The summed E-state index contributed by atoms with van der Waals surface area (Å²) in [5.41, 5.74) is -0.0275. The molecule has 1 aromatic carbocycles. The zero-order valence-corrected chi connectivity index (χ0v) is 9.79. The molecule has 1 heterocycles. The van der Waals surface area contributed by atoms with Gasteiger partial charge in [-0.25, -0.2) is 0 Å². The number of nitrogens with one attached hydrogen (secondary N) is 1. The summed E-state index contributed by atoms with van der Waals surface area (Å²) in [4.78, 5) is 13.0. The molecule has 0 unspecified atom stereocenters. The highest BCUT2D eigenvalue weighted by atomic mass is 35.5. The van der Waals surface area contributed by atoms with E-state index in [1.807, 2.05) is 0 Å². The van der Waals surface area contributed by atoms with Gasteiger partial charge in [0.25, 0.3) is 5.69 Å². The lowest BCUT2D eigenvalue weighted by Gasteiger charge is -2.05. The molecule has 0 saturated heterocycles. The standard InChI is InChI=1S/C10H6Cl2N2O3/c11-6-1-2-8(15)9(10(6)14(16)17)5-3-13-4-7(5)12/h1-4,13,15H. The quantitative estimate of drug-likeness (QED) is 0.648. The van der Waals surface area contributed by atoms with Gasteiger partial charge in [0.2, 0.25) is 0 Å². The summed E-state index contributed by atoms with van der Waals surface area (Å²) >= 11 is 11.6. The van der Waals surface area contributed by atoms with Crippen LogP contribution in [0.5, 0.6) is 5.75 Å². The van der Waals surface area contributed by atoms with E-state index in [1.54, 1.807) is 0 Å². The number of halogens is 2. The molecule has 7 heteroatoms. The molecule has 2 aromatic rings. The van der Waals surface area contributed by atoms with Gasteiger partial charge in [0.15, 0.2) is 0 Å². The van der Waals surface area contributed by atoms with Crippen molar-refractivity contribution in [1.29, 1.82) is 0 Å². The van der Waals surface area contributed by atoms with E-state index in [1.165, 1.54) is 24.5 Å². The van der Waals surface area contributed by atoms with Crippen molar-refractivity contribution in [3.63, 3.8) is 0 Å². The Hall–Kier alpha value is -1.72. The van der Waals surface area contributed by atoms with Gasteiger partial charge >= 0.3 is 0 Å². The van der Waals surface area contributed by atoms with Crippen molar-refractivity contribution >= 4 is 28.9 Å². The van der Waals surface area contributed by atoms with Crippen LogP contribution in [0.25, 0.3) is 11.1 Å². The van der Waals surface area contributed by atoms with E-state index in [0.717, 1.165) is 0 Å². The maximum Gasteiger partial charge on any atom is 0.299 e. The molecule has 88 valence electrons. The van der Waals surface area contributed by atoms with Crippen LogP contribution in [-0.2, 0) is 0 Å². The number of aromatic hydroxyl groups is 1.